The lowest BCUT2D eigenvalue weighted by molar-refractivity contribution is 0.424. The molecule has 1 aromatic carbocycles. The van der Waals surface area contributed by atoms with E-state index in [0.29, 0.717) is 6.04 Å². The molecular weight excluding hydrogens is 300 g/mol. The minimum Gasteiger partial charge on any atom is -0.370 e. The van der Waals surface area contributed by atoms with Gasteiger partial charge < -0.3 is 10.2 Å². The van der Waals surface area contributed by atoms with Gasteiger partial charge in [0.1, 0.15) is 0 Å². The molecule has 0 aliphatic heterocycles. The third kappa shape index (κ3) is 6.09. The van der Waals surface area contributed by atoms with Crippen molar-refractivity contribution in [1.29, 1.82) is 0 Å². The molecule has 0 saturated heterocycles. The maximum absolute atomic E-state index is 6.48. The smallest absolute Gasteiger partial charge is 0.0642 e. The Hall–Kier alpha value is -0.380. The van der Waals surface area contributed by atoms with Crippen LogP contribution in [-0.4, -0.2) is 30.6 Å². The van der Waals surface area contributed by atoms with Crippen molar-refractivity contribution >= 4 is 29.1 Å². The van der Waals surface area contributed by atoms with Crippen molar-refractivity contribution in [2.75, 3.05) is 24.0 Å². The molecule has 0 aromatic heterocycles. The van der Waals surface area contributed by atoms with Gasteiger partial charge in [0.25, 0.3) is 0 Å². The fourth-order valence-electron chi connectivity index (χ4n) is 2.16. The van der Waals surface area contributed by atoms with Gasteiger partial charge >= 0.3 is 0 Å². The summed E-state index contributed by atoms with van der Waals surface area (Å²) < 4.78 is 0. The minimum absolute atomic E-state index is 0.0998. The number of nitrogens with zero attached hydrogens (tertiary/aromatic N) is 1. The van der Waals surface area contributed by atoms with Gasteiger partial charge in [-0.2, -0.15) is 11.8 Å². The zero-order chi connectivity index (χ0) is 16.0. The summed E-state index contributed by atoms with van der Waals surface area (Å²) in [6.07, 6.45) is 3.32. The first kappa shape index (κ1) is 18.7. The van der Waals surface area contributed by atoms with E-state index in [1.807, 2.05) is 23.9 Å². The Balaban J connectivity index is 2.93. The monoisotopic (exact) mass is 328 g/mol. The second-order valence-electron chi connectivity index (χ2n) is 6.59. The third-order valence-corrected chi connectivity index (χ3v) is 4.58. The molecule has 1 N–H and O–H groups in total. The molecule has 0 saturated carbocycles. The molecule has 0 amide bonds. The van der Waals surface area contributed by atoms with E-state index in [1.54, 1.807) is 0 Å². The average molecular weight is 329 g/mol. The summed E-state index contributed by atoms with van der Waals surface area (Å²) in [6, 6.07) is 6.66. The van der Waals surface area contributed by atoms with Crippen molar-refractivity contribution in [3.8, 4) is 0 Å². The van der Waals surface area contributed by atoms with Crippen LogP contribution in [-0.2, 0) is 6.54 Å². The van der Waals surface area contributed by atoms with Crippen LogP contribution in [0.1, 0.15) is 39.7 Å². The summed E-state index contributed by atoms with van der Waals surface area (Å²) in [5, 5.41) is 4.39. The number of halogens is 1. The SMILES string of the molecule is CSCCC(C)N(C)c1c(Cl)cccc1CNC(C)(C)C. The van der Waals surface area contributed by atoms with Gasteiger partial charge in [0, 0.05) is 25.2 Å². The number of thioether (sulfide) groups is 1. The lowest BCUT2D eigenvalue weighted by Gasteiger charge is -2.31. The lowest BCUT2D eigenvalue weighted by Crippen LogP contribution is -2.36. The molecule has 0 spiro atoms. The summed E-state index contributed by atoms with van der Waals surface area (Å²) in [5.74, 6) is 1.17. The highest BCUT2D eigenvalue weighted by Crippen LogP contribution is 2.31. The van der Waals surface area contributed by atoms with E-state index in [-0.39, 0.29) is 5.54 Å². The quantitative estimate of drug-likeness (QED) is 0.773. The van der Waals surface area contributed by atoms with E-state index in [1.165, 1.54) is 11.3 Å². The Kier molecular flexibility index (Phi) is 7.38. The lowest BCUT2D eigenvalue weighted by atomic mass is 10.1. The van der Waals surface area contributed by atoms with Crippen molar-refractivity contribution in [1.82, 2.24) is 5.32 Å². The number of anilines is 1. The molecule has 0 bridgehead atoms. The van der Waals surface area contributed by atoms with Crippen LogP contribution < -0.4 is 10.2 Å². The van der Waals surface area contributed by atoms with Gasteiger partial charge in [0.2, 0.25) is 0 Å². The number of benzene rings is 1. The van der Waals surface area contributed by atoms with Crippen molar-refractivity contribution in [3.63, 3.8) is 0 Å². The molecule has 120 valence electrons. The molecule has 0 aliphatic carbocycles. The van der Waals surface area contributed by atoms with E-state index >= 15 is 0 Å². The van der Waals surface area contributed by atoms with Crippen molar-refractivity contribution in [2.24, 2.45) is 0 Å². The maximum atomic E-state index is 6.48. The number of nitrogens with one attached hydrogen (secondary N) is 1. The van der Waals surface area contributed by atoms with Crippen LogP contribution in [0.25, 0.3) is 0 Å². The van der Waals surface area contributed by atoms with Crippen molar-refractivity contribution in [3.05, 3.63) is 28.8 Å². The maximum Gasteiger partial charge on any atom is 0.0642 e. The zero-order valence-electron chi connectivity index (χ0n) is 14.2. The van der Waals surface area contributed by atoms with Gasteiger partial charge in [0.05, 0.1) is 10.7 Å². The van der Waals surface area contributed by atoms with Gasteiger partial charge in [-0.05, 0) is 57.8 Å². The standard InChI is InChI=1S/C17H29ClN2S/c1-13(10-11-21-6)20(5)16-14(8-7-9-15(16)18)12-19-17(2,3)4/h7-9,13,19H,10-12H2,1-6H3. The molecule has 1 aromatic rings. The molecule has 1 rings (SSSR count). The molecule has 1 atom stereocenters. The molecule has 1 unspecified atom stereocenters. The Bertz CT molecular complexity index is 443. The summed E-state index contributed by atoms with van der Waals surface area (Å²) >= 11 is 8.37. The van der Waals surface area contributed by atoms with E-state index in [2.05, 4.69) is 57.3 Å². The normalized spacial score (nSPS) is 13.3. The first-order valence-electron chi connectivity index (χ1n) is 7.50. The summed E-state index contributed by atoms with van der Waals surface area (Å²) in [5.41, 5.74) is 2.52. The van der Waals surface area contributed by atoms with Gasteiger partial charge in [-0.15, -0.1) is 0 Å². The van der Waals surface area contributed by atoms with Crippen LogP contribution in [0.15, 0.2) is 18.2 Å². The topological polar surface area (TPSA) is 15.3 Å². The molecule has 4 heteroatoms. The van der Waals surface area contributed by atoms with Crippen LogP contribution in [0.5, 0.6) is 0 Å². The van der Waals surface area contributed by atoms with E-state index in [9.17, 15) is 0 Å². The molecule has 0 radical (unpaired) electrons. The van der Waals surface area contributed by atoms with Gasteiger partial charge in [-0.3, -0.25) is 0 Å². The number of rotatable bonds is 7. The fraction of sp³-hybridized carbons (Fsp3) is 0.647. The van der Waals surface area contributed by atoms with Crippen molar-refractivity contribution in [2.45, 2.75) is 52.2 Å². The zero-order valence-corrected chi connectivity index (χ0v) is 15.7. The minimum atomic E-state index is 0.0998. The Morgan fingerprint density at radius 1 is 1.33 bits per heavy atom. The first-order valence-corrected chi connectivity index (χ1v) is 9.27. The molecule has 21 heavy (non-hydrogen) atoms. The van der Waals surface area contributed by atoms with E-state index < -0.39 is 0 Å². The first-order chi connectivity index (χ1) is 9.76. The molecular formula is C17H29ClN2S. The highest BCUT2D eigenvalue weighted by molar-refractivity contribution is 7.98. The van der Waals surface area contributed by atoms with E-state index in [4.69, 9.17) is 11.6 Å². The number of para-hydroxylation sites is 1. The second-order valence-corrected chi connectivity index (χ2v) is 7.99. The molecule has 0 heterocycles. The van der Waals surface area contributed by atoms with Crippen LogP contribution in [0.2, 0.25) is 5.02 Å². The van der Waals surface area contributed by atoms with Gasteiger partial charge in [0.15, 0.2) is 0 Å². The van der Waals surface area contributed by atoms with Gasteiger partial charge in [-0.25, -0.2) is 0 Å². The summed E-state index contributed by atoms with van der Waals surface area (Å²) in [7, 11) is 2.15. The Morgan fingerprint density at radius 3 is 2.57 bits per heavy atom. The summed E-state index contributed by atoms with van der Waals surface area (Å²) in [4.78, 5) is 2.32. The number of hydrogen-bond acceptors (Lipinski definition) is 3. The predicted molar refractivity (Wildman–Crippen MR) is 98.9 cm³/mol. The average Bonchev–Trinajstić information content (AvgIpc) is 2.41. The summed E-state index contributed by atoms with van der Waals surface area (Å²) in [6.45, 7) is 9.64. The van der Waals surface area contributed by atoms with Crippen LogP contribution in [0.3, 0.4) is 0 Å². The van der Waals surface area contributed by atoms with Crippen LogP contribution >= 0.6 is 23.4 Å². The Morgan fingerprint density at radius 2 is 2.00 bits per heavy atom. The predicted octanol–water partition coefficient (Wildman–Crippen LogP) is 4.81. The van der Waals surface area contributed by atoms with Gasteiger partial charge in [-0.1, -0.05) is 23.7 Å². The Labute approximate surface area is 139 Å². The molecule has 2 nitrogen and oxygen atoms in total. The fourth-order valence-corrected chi connectivity index (χ4v) is 3.06. The van der Waals surface area contributed by atoms with Crippen LogP contribution in [0, 0.1) is 0 Å². The van der Waals surface area contributed by atoms with E-state index in [0.717, 1.165) is 23.7 Å². The highest BCUT2D eigenvalue weighted by Gasteiger charge is 2.18. The molecule has 0 fully saturated rings. The highest BCUT2D eigenvalue weighted by atomic mass is 35.5. The second kappa shape index (κ2) is 8.30. The van der Waals surface area contributed by atoms with Crippen molar-refractivity contribution < 1.29 is 0 Å². The third-order valence-electron chi connectivity index (χ3n) is 3.63. The van der Waals surface area contributed by atoms with Crippen LogP contribution in [0.4, 0.5) is 5.69 Å². The molecule has 0 aliphatic rings. The number of hydrogen-bond donors (Lipinski definition) is 1. The largest absolute Gasteiger partial charge is 0.370 e.